The van der Waals surface area contributed by atoms with E-state index >= 15 is 0 Å². The van der Waals surface area contributed by atoms with Gasteiger partial charge in [0, 0.05) is 6.04 Å². The minimum absolute atomic E-state index is 0.285. The molecule has 0 atom stereocenters. The Labute approximate surface area is 114 Å². The number of rotatable bonds is 2. The Morgan fingerprint density at radius 2 is 1.63 bits per heavy atom. The zero-order chi connectivity index (χ0) is 15.3. The number of hydrogen-bond acceptors (Lipinski definition) is 4. The minimum Gasteiger partial charge on any atom is -0.444 e. The Bertz CT molecular complexity index is 312. The summed E-state index contributed by atoms with van der Waals surface area (Å²) in [6.07, 6.45) is 3.13. The van der Waals surface area contributed by atoms with Crippen molar-refractivity contribution in [3.8, 4) is 0 Å². The Morgan fingerprint density at radius 1 is 1.21 bits per heavy atom. The van der Waals surface area contributed by atoms with E-state index in [-0.39, 0.29) is 11.7 Å². The molecule has 4 N–H and O–H groups in total. The molecule has 1 aliphatic carbocycles. The summed E-state index contributed by atoms with van der Waals surface area (Å²) >= 11 is 0. The van der Waals surface area contributed by atoms with E-state index in [2.05, 4.69) is 11.1 Å². The van der Waals surface area contributed by atoms with Gasteiger partial charge < -0.3 is 20.9 Å². The molecule has 6 heteroatoms. The van der Waals surface area contributed by atoms with Crippen molar-refractivity contribution in [2.75, 3.05) is 0 Å². The van der Waals surface area contributed by atoms with Crippen molar-refractivity contribution in [2.24, 2.45) is 5.73 Å². The van der Waals surface area contributed by atoms with Crippen molar-refractivity contribution in [2.45, 2.75) is 71.1 Å². The summed E-state index contributed by atoms with van der Waals surface area (Å²) in [7, 11) is 0. The van der Waals surface area contributed by atoms with Gasteiger partial charge in [0.05, 0.1) is 0 Å². The van der Waals surface area contributed by atoms with Crippen LogP contribution in [0.4, 0.5) is 4.79 Å². The van der Waals surface area contributed by atoms with Crippen LogP contribution in [0.2, 0.25) is 0 Å². The molecule has 0 radical (unpaired) electrons. The molecule has 0 aromatic rings. The van der Waals surface area contributed by atoms with Crippen LogP contribution in [-0.2, 0) is 9.53 Å². The lowest BCUT2D eigenvalue weighted by Gasteiger charge is -2.28. The van der Waals surface area contributed by atoms with Gasteiger partial charge in [-0.25, -0.2) is 4.79 Å². The number of aliphatic hydroxyl groups is 1. The maximum atomic E-state index is 11.1. The van der Waals surface area contributed by atoms with Gasteiger partial charge in [-0.15, -0.1) is 0 Å². The second-order valence-corrected chi connectivity index (χ2v) is 6.20. The fourth-order valence-corrected chi connectivity index (χ4v) is 1.03. The van der Waals surface area contributed by atoms with Crippen molar-refractivity contribution in [1.29, 1.82) is 0 Å². The lowest BCUT2D eigenvalue weighted by Crippen LogP contribution is -2.42. The highest BCUT2D eigenvalue weighted by atomic mass is 16.6. The van der Waals surface area contributed by atoms with Gasteiger partial charge in [-0.2, -0.15) is 0 Å². The second kappa shape index (κ2) is 6.75. The quantitative estimate of drug-likeness (QED) is 0.706. The average molecular weight is 274 g/mol. The van der Waals surface area contributed by atoms with Gasteiger partial charge in [-0.05, 0) is 53.9 Å². The molecule has 0 aliphatic heterocycles. The van der Waals surface area contributed by atoms with E-state index in [9.17, 15) is 9.59 Å². The van der Waals surface area contributed by atoms with Gasteiger partial charge in [0.25, 0.3) is 0 Å². The zero-order valence-electron chi connectivity index (χ0n) is 12.4. The predicted octanol–water partition coefficient (Wildman–Crippen LogP) is 1.31. The van der Waals surface area contributed by atoms with E-state index < -0.39 is 11.5 Å². The fraction of sp³-hybridized carbons (Fsp3) is 0.846. The van der Waals surface area contributed by atoms with Crippen molar-refractivity contribution in [3.63, 3.8) is 0 Å². The Balaban J connectivity index is 0.000000399. The maximum Gasteiger partial charge on any atom is 0.407 e. The third kappa shape index (κ3) is 9.30. The monoisotopic (exact) mass is 274 g/mol. The average Bonchev–Trinajstić information content (AvgIpc) is 2.08. The number of primary amides is 1. The van der Waals surface area contributed by atoms with E-state index in [0.29, 0.717) is 6.04 Å². The lowest BCUT2D eigenvalue weighted by molar-refractivity contribution is -0.132. The highest BCUT2D eigenvalue weighted by Crippen LogP contribution is 2.18. The molecule has 1 fully saturated rings. The molecule has 0 unspecified atom stereocenters. The highest BCUT2D eigenvalue weighted by molar-refractivity contribution is 5.81. The van der Waals surface area contributed by atoms with E-state index in [1.807, 2.05) is 20.8 Å². The molecule has 0 bridgehead atoms. The maximum absolute atomic E-state index is 11.1. The molecule has 0 spiro atoms. The van der Waals surface area contributed by atoms with Crippen molar-refractivity contribution >= 4 is 12.0 Å². The van der Waals surface area contributed by atoms with Gasteiger partial charge >= 0.3 is 6.09 Å². The Kier molecular flexibility index (Phi) is 6.29. The number of hydrogen-bond donors (Lipinski definition) is 3. The number of ether oxygens (including phenoxy) is 1. The topological polar surface area (TPSA) is 102 Å². The summed E-state index contributed by atoms with van der Waals surface area (Å²) in [5.41, 5.74) is 2.94. The summed E-state index contributed by atoms with van der Waals surface area (Å²) in [4.78, 5) is 21.1. The molecule has 1 aliphatic rings. The minimum atomic E-state index is -1.36. The summed E-state index contributed by atoms with van der Waals surface area (Å²) in [6.45, 7) is 8.29. The molecule has 0 aromatic carbocycles. The lowest BCUT2D eigenvalue weighted by atomic mass is 9.93. The third-order valence-electron chi connectivity index (χ3n) is 2.43. The van der Waals surface area contributed by atoms with Crippen LogP contribution in [0, 0.1) is 0 Å². The van der Waals surface area contributed by atoms with Gasteiger partial charge in [0.1, 0.15) is 11.2 Å². The molecule has 0 saturated heterocycles. The zero-order valence-corrected chi connectivity index (χ0v) is 12.4. The predicted molar refractivity (Wildman–Crippen MR) is 72.5 cm³/mol. The van der Waals surface area contributed by atoms with Crippen LogP contribution < -0.4 is 11.1 Å². The fourth-order valence-electron chi connectivity index (χ4n) is 1.03. The second-order valence-electron chi connectivity index (χ2n) is 6.20. The first kappa shape index (κ1) is 17.7. The Hall–Kier alpha value is -1.30. The number of nitrogens with one attached hydrogen (secondary N) is 1. The van der Waals surface area contributed by atoms with Crippen molar-refractivity contribution in [3.05, 3.63) is 0 Å². The first-order valence-electron chi connectivity index (χ1n) is 6.43. The van der Waals surface area contributed by atoms with Crippen molar-refractivity contribution < 1.29 is 19.4 Å². The van der Waals surface area contributed by atoms with Crippen LogP contribution in [0.5, 0.6) is 0 Å². The molecular formula is C13H26N2O4. The van der Waals surface area contributed by atoms with Gasteiger partial charge in [-0.1, -0.05) is 0 Å². The molecule has 0 aromatic heterocycles. The summed E-state index contributed by atoms with van der Waals surface area (Å²) in [5, 5.41) is 11.4. The highest BCUT2D eigenvalue weighted by Gasteiger charge is 2.23. The van der Waals surface area contributed by atoms with Crippen LogP contribution in [0.15, 0.2) is 0 Å². The molecule has 2 amide bonds. The van der Waals surface area contributed by atoms with E-state index in [1.54, 1.807) is 0 Å². The normalized spacial score (nSPS) is 15.7. The number of alkyl carbamates (subject to hydrolysis) is 1. The molecule has 112 valence electrons. The molecule has 19 heavy (non-hydrogen) atoms. The van der Waals surface area contributed by atoms with Gasteiger partial charge in [-0.3, -0.25) is 4.79 Å². The number of nitrogens with two attached hydrogens (primary N) is 1. The van der Waals surface area contributed by atoms with Crippen LogP contribution in [0.1, 0.15) is 53.9 Å². The van der Waals surface area contributed by atoms with Crippen molar-refractivity contribution in [1.82, 2.24) is 5.32 Å². The van der Waals surface area contributed by atoms with E-state index in [0.717, 1.165) is 12.8 Å². The summed E-state index contributed by atoms with van der Waals surface area (Å²) in [5.74, 6) is -0.701. The smallest absolute Gasteiger partial charge is 0.407 e. The number of carbonyl (C=O) groups excluding carboxylic acids is 2. The first-order valence-corrected chi connectivity index (χ1v) is 6.43. The molecule has 1 saturated carbocycles. The van der Waals surface area contributed by atoms with Gasteiger partial charge in [0.15, 0.2) is 0 Å². The SMILES string of the molecule is CC(C)(C)OC(=O)NC1CCC1.CC(C)(O)C(N)=O. The third-order valence-corrected chi connectivity index (χ3v) is 2.43. The van der Waals surface area contributed by atoms with Crippen LogP contribution in [0.25, 0.3) is 0 Å². The van der Waals surface area contributed by atoms with E-state index in [4.69, 9.17) is 9.84 Å². The van der Waals surface area contributed by atoms with E-state index in [1.165, 1.54) is 20.3 Å². The van der Waals surface area contributed by atoms with Crippen LogP contribution in [0.3, 0.4) is 0 Å². The largest absolute Gasteiger partial charge is 0.444 e. The van der Waals surface area contributed by atoms with Gasteiger partial charge in [0.2, 0.25) is 5.91 Å². The summed E-state index contributed by atoms with van der Waals surface area (Å²) < 4.78 is 5.09. The Morgan fingerprint density at radius 3 is 1.84 bits per heavy atom. The standard InChI is InChI=1S/C9H17NO2.C4H9NO2/c1-9(2,3)12-8(11)10-7-5-4-6-7;1-4(2,7)3(5)6/h7H,4-6H2,1-3H3,(H,10,11);7H,1-2H3,(H2,5,6). The molecular weight excluding hydrogens is 248 g/mol. The molecule has 6 nitrogen and oxygen atoms in total. The van der Waals surface area contributed by atoms with Crippen LogP contribution >= 0.6 is 0 Å². The summed E-state index contributed by atoms with van der Waals surface area (Å²) in [6, 6.07) is 0.361. The molecule has 0 heterocycles. The first-order chi connectivity index (χ1) is 8.42. The van der Waals surface area contributed by atoms with Crippen LogP contribution in [-0.4, -0.2) is 34.4 Å². The number of carbonyl (C=O) groups is 2. The number of amides is 2. The molecule has 1 rings (SSSR count).